The Kier molecular flexibility index (Phi) is 6.86. The van der Waals surface area contributed by atoms with Crippen LogP contribution in [0.15, 0.2) is 47.4 Å². The predicted octanol–water partition coefficient (Wildman–Crippen LogP) is 2.44. The second-order valence-electron chi connectivity index (χ2n) is 6.57. The maximum absolute atomic E-state index is 12.9. The Labute approximate surface area is 170 Å². The van der Waals surface area contributed by atoms with Crippen molar-refractivity contribution in [3.8, 4) is 5.75 Å². The molecular formula is C20H24N2O6S. The molecule has 156 valence electrons. The fourth-order valence-electron chi connectivity index (χ4n) is 2.59. The number of nitrogens with zero attached hydrogens (tertiary/aromatic N) is 1. The molecule has 0 spiro atoms. The van der Waals surface area contributed by atoms with Crippen molar-refractivity contribution < 1.29 is 27.5 Å². The van der Waals surface area contributed by atoms with Crippen molar-refractivity contribution >= 4 is 27.6 Å². The van der Waals surface area contributed by atoms with Crippen LogP contribution in [0.3, 0.4) is 0 Å². The molecule has 0 unspecified atom stereocenters. The molecule has 1 amide bonds. The number of likely N-dealkylation sites (N-methyl/N-ethyl adjacent to an activating group) is 1. The topological polar surface area (TPSA) is 102 Å². The minimum Gasteiger partial charge on any atom is -0.495 e. The Morgan fingerprint density at radius 3 is 2.38 bits per heavy atom. The van der Waals surface area contributed by atoms with Gasteiger partial charge in [-0.3, -0.25) is 9.52 Å². The number of nitrogens with one attached hydrogen (secondary N) is 1. The summed E-state index contributed by atoms with van der Waals surface area (Å²) in [6, 6.07) is 10.8. The molecule has 0 heterocycles. The number of benzene rings is 2. The fourth-order valence-corrected chi connectivity index (χ4v) is 3.93. The van der Waals surface area contributed by atoms with Gasteiger partial charge >= 0.3 is 5.97 Å². The average molecular weight is 420 g/mol. The lowest BCUT2D eigenvalue weighted by Gasteiger charge is -2.18. The Morgan fingerprint density at radius 1 is 1.10 bits per heavy atom. The third-order valence-electron chi connectivity index (χ3n) is 4.14. The number of hydrogen-bond donors (Lipinski definition) is 1. The summed E-state index contributed by atoms with van der Waals surface area (Å²) in [6.45, 7) is 3.07. The van der Waals surface area contributed by atoms with Crippen molar-refractivity contribution in [1.29, 1.82) is 0 Å². The van der Waals surface area contributed by atoms with E-state index in [1.807, 2.05) is 0 Å². The van der Waals surface area contributed by atoms with Crippen LogP contribution in [0.5, 0.6) is 5.75 Å². The molecule has 29 heavy (non-hydrogen) atoms. The van der Waals surface area contributed by atoms with Gasteiger partial charge < -0.3 is 14.4 Å². The summed E-state index contributed by atoms with van der Waals surface area (Å²) in [4.78, 5) is 25.5. The van der Waals surface area contributed by atoms with Gasteiger partial charge in [-0.15, -0.1) is 0 Å². The smallest absolute Gasteiger partial charge is 0.338 e. The van der Waals surface area contributed by atoms with E-state index in [1.54, 1.807) is 45.3 Å². The second kappa shape index (κ2) is 8.95. The second-order valence-corrected chi connectivity index (χ2v) is 8.22. The molecule has 2 rings (SSSR count). The van der Waals surface area contributed by atoms with Gasteiger partial charge in [-0.25, -0.2) is 13.2 Å². The molecule has 0 aromatic heterocycles. The number of carbonyl (C=O) groups is 2. The number of ether oxygens (including phenoxy) is 2. The molecule has 0 aliphatic heterocycles. The van der Waals surface area contributed by atoms with Crippen molar-refractivity contribution in [2.24, 2.45) is 0 Å². The average Bonchev–Trinajstić information content (AvgIpc) is 2.67. The standard InChI is InChI=1S/C20H24N2O6S/c1-13-10-11-15(20(24)28-14(2)19(23)22(3)4)12-18(13)29(25,26)21-16-8-6-7-9-17(16)27-5/h6-12,14,21H,1-5H3/t14-/m0/s1. The number of para-hydroxylation sites is 2. The van der Waals surface area contributed by atoms with E-state index < -0.39 is 22.1 Å². The van der Waals surface area contributed by atoms with E-state index in [0.717, 1.165) is 0 Å². The van der Waals surface area contributed by atoms with Crippen molar-refractivity contribution in [2.75, 3.05) is 25.9 Å². The Morgan fingerprint density at radius 2 is 1.76 bits per heavy atom. The summed E-state index contributed by atoms with van der Waals surface area (Å²) in [5.41, 5.74) is 0.739. The van der Waals surface area contributed by atoms with Crippen molar-refractivity contribution in [3.63, 3.8) is 0 Å². The molecule has 2 aromatic carbocycles. The maximum Gasteiger partial charge on any atom is 0.338 e. The molecule has 0 saturated heterocycles. The van der Waals surface area contributed by atoms with E-state index >= 15 is 0 Å². The van der Waals surface area contributed by atoms with Crippen LogP contribution in [-0.2, 0) is 19.6 Å². The predicted molar refractivity (Wildman–Crippen MR) is 109 cm³/mol. The van der Waals surface area contributed by atoms with Gasteiger partial charge in [0.15, 0.2) is 6.10 Å². The van der Waals surface area contributed by atoms with Crippen LogP contribution >= 0.6 is 0 Å². The quantitative estimate of drug-likeness (QED) is 0.691. The highest BCUT2D eigenvalue weighted by Crippen LogP contribution is 2.27. The first kappa shape index (κ1) is 22.2. The van der Waals surface area contributed by atoms with E-state index in [-0.39, 0.29) is 22.1 Å². The number of amides is 1. The van der Waals surface area contributed by atoms with Crippen LogP contribution in [0.2, 0.25) is 0 Å². The van der Waals surface area contributed by atoms with Crippen LogP contribution < -0.4 is 9.46 Å². The van der Waals surface area contributed by atoms with Gasteiger partial charge in [0.1, 0.15) is 5.75 Å². The number of methoxy groups -OCH3 is 1. The zero-order valence-corrected chi connectivity index (χ0v) is 17.7. The van der Waals surface area contributed by atoms with E-state index in [9.17, 15) is 18.0 Å². The normalized spacial score (nSPS) is 12.0. The number of aryl methyl sites for hydroxylation is 1. The fraction of sp³-hybridized carbons (Fsp3) is 0.300. The first-order chi connectivity index (χ1) is 13.6. The zero-order chi connectivity index (χ0) is 21.8. The zero-order valence-electron chi connectivity index (χ0n) is 16.9. The minimum atomic E-state index is -4.00. The molecule has 2 aromatic rings. The molecule has 9 heteroatoms. The molecule has 8 nitrogen and oxygen atoms in total. The number of anilines is 1. The molecule has 0 radical (unpaired) electrons. The van der Waals surface area contributed by atoms with Gasteiger partial charge in [0, 0.05) is 14.1 Å². The minimum absolute atomic E-state index is 0.0226. The summed E-state index contributed by atoms with van der Waals surface area (Å²) < 4.78 is 38.6. The van der Waals surface area contributed by atoms with Crippen molar-refractivity contribution in [3.05, 3.63) is 53.6 Å². The molecule has 0 aliphatic rings. The van der Waals surface area contributed by atoms with Crippen LogP contribution in [-0.4, -0.2) is 52.5 Å². The summed E-state index contributed by atoms with van der Waals surface area (Å²) >= 11 is 0. The summed E-state index contributed by atoms with van der Waals surface area (Å²) in [7, 11) is 0.529. The van der Waals surface area contributed by atoms with Crippen LogP contribution in [0.1, 0.15) is 22.8 Å². The van der Waals surface area contributed by atoms with Gasteiger partial charge in [-0.1, -0.05) is 18.2 Å². The van der Waals surface area contributed by atoms with E-state index in [0.29, 0.717) is 11.3 Å². The van der Waals surface area contributed by atoms with Gasteiger partial charge in [0.2, 0.25) is 0 Å². The summed E-state index contributed by atoms with van der Waals surface area (Å²) in [5.74, 6) is -0.807. The van der Waals surface area contributed by atoms with Gasteiger partial charge in [0.05, 0.1) is 23.3 Å². The number of rotatable bonds is 7. The lowest BCUT2D eigenvalue weighted by atomic mass is 10.1. The molecule has 1 atom stereocenters. The van der Waals surface area contributed by atoms with E-state index in [1.165, 1.54) is 37.1 Å². The SMILES string of the molecule is COc1ccccc1NS(=O)(=O)c1cc(C(=O)O[C@@H](C)C(=O)N(C)C)ccc1C. The first-order valence-corrected chi connectivity index (χ1v) is 10.2. The third kappa shape index (κ3) is 5.26. The van der Waals surface area contributed by atoms with Gasteiger partial charge in [-0.05, 0) is 43.7 Å². The largest absolute Gasteiger partial charge is 0.495 e. The number of sulfonamides is 1. The molecular weight excluding hydrogens is 396 g/mol. The first-order valence-electron chi connectivity index (χ1n) is 8.75. The van der Waals surface area contributed by atoms with Crippen LogP contribution in [0.25, 0.3) is 0 Å². The number of esters is 1. The van der Waals surface area contributed by atoms with Gasteiger partial charge in [-0.2, -0.15) is 0 Å². The monoisotopic (exact) mass is 420 g/mol. The van der Waals surface area contributed by atoms with E-state index in [4.69, 9.17) is 9.47 Å². The van der Waals surface area contributed by atoms with Crippen molar-refractivity contribution in [1.82, 2.24) is 4.90 Å². The maximum atomic E-state index is 12.9. The highest BCUT2D eigenvalue weighted by molar-refractivity contribution is 7.92. The lowest BCUT2D eigenvalue weighted by molar-refractivity contribution is -0.137. The Balaban J connectivity index is 2.32. The van der Waals surface area contributed by atoms with Crippen LogP contribution in [0, 0.1) is 6.92 Å². The van der Waals surface area contributed by atoms with E-state index in [2.05, 4.69) is 4.72 Å². The molecule has 0 bridgehead atoms. The number of carbonyl (C=O) groups excluding carboxylic acids is 2. The molecule has 0 aliphatic carbocycles. The molecule has 0 fully saturated rings. The molecule has 0 saturated carbocycles. The Hall–Kier alpha value is -3.07. The summed E-state index contributed by atoms with van der Waals surface area (Å²) in [5, 5.41) is 0. The third-order valence-corrected chi connectivity index (χ3v) is 5.64. The van der Waals surface area contributed by atoms with Gasteiger partial charge in [0.25, 0.3) is 15.9 Å². The highest BCUT2D eigenvalue weighted by Gasteiger charge is 2.24. The number of hydrogen-bond acceptors (Lipinski definition) is 6. The Bertz CT molecular complexity index is 1020. The summed E-state index contributed by atoms with van der Waals surface area (Å²) in [6.07, 6.45) is -0.995. The lowest BCUT2D eigenvalue weighted by Crippen LogP contribution is -2.34. The molecule has 1 N–H and O–H groups in total. The van der Waals surface area contributed by atoms with Crippen molar-refractivity contribution in [2.45, 2.75) is 24.8 Å². The van der Waals surface area contributed by atoms with Crippen LogP contribution in [0.4, 0.5) is 5.69 Å². The highest BCUT2D eigenvalue weighted by atomic mass is 32.2.